The van der Waals surface area contributed by atoms with E-state index >= 15 is 0 Å². The minimum Gasteiger partial charge on any atom is -0.480 e. The molecule has 1 rings (SSSR count). The molecular formula is C8H13NO3. The van der Waals surface area contributed by atoms with Crippen LogP contribution >= 0.6 is 0 Å². The molecule has 68 valence electrons. The first-order valence-electron chi connectivity index (χ1n) is 3.98. The molecule has 0 unspecified atom stereocenters. The van der Waals surface area contributed by atoms with Crippen LogP contribution in [0.15, 0.2) is 0 Å². The molecule has 1 aliphatic rings. The monoisotopic (exact) mass is 171 g/mol. The van der Waals surface area contributed by atoms with E-state index in [9.17, 15) is 9.59 Å². The molecule has 1 aliphatic carbocycles. The van der Waals surface area contributed by atoms with Gasteiger partial charge in [0.25, 0.3) is 0 Å². The molecule has 4 heteroatoms. The first kappa shape index (κ1) is 9.19. The summed E-state index contributed by atoms with van der Waals surface area (Å²) in [5.41, 5.74) is 4.42. The summed E-state index contributed by atoms with van der Waals surface area (Å²) in [6.45, 7) is 1.48. The molecule has 3 N–H and O–H groups in total. The van der Waals surface area contributed by atoms with Crippen molar-refractivity contribution in [2.24, 2.45) is 11.7 Å². The molecule has 0 aromatic heterocycles. The average Bonchev–Trinajstić information content (AvgIpc) is 2.33. The number of aliphatic carboxylic acids is 1. The van der Waals surface area contributed by atoms with Crippen molar-refractivity contribution in [2.45, 2.75) is 31.7 Å². The molecule has 0 radical (unpaired) electrons. The van der Waals surface area contributed by atoms with Gasteiger partial charge in [0.1, 0.15) is 11.3 Å². The average molecular weight is 171 g/mol. The number of ketones is 1. The van der Waals surface area contributed by atoms with Gasteiger partial charge in [0.15, 0.2) is 0 Å². The zero-order chi connectivity index (χ0) is 9.35. The third-order valence-corrected chi connectivity index (χ3v) is 2.55. The molecule has 0 spiro atoms. The Bertz CT molecular complexity index is 226. The minimum atomic E-state index is -1.16. The maximum Gasteiger partial charge on any atom is 0.323 e. The van der Waals surface area contributed by atoms with Crippen LogP contribution in [0.5, 0.6) is 0 Å². The highest BCUT2D eigenvalue weighted by molar-refractivity contribution is 5.84. The van der Waals surface area contributed by atoms with Gasteiger partial charge in [0.2, 0.25) is 0 Å². The van der Waals surface area contributed by atoms with E-state index in [0.717, 1.165) is 0 Å². The normalized spacial score (nSPS) is 35.0. The molecule has 12 heavy (non-hydrogen) atoms. The third-order valence-electron chi connectivity index (χ3n) is 2.55. The summed E-state index contributed by atoms with van der Waals surface area (Å²) in [6.07, 6.45) is 1.31. The van der Waals surface area contributed by atoms with Gasteiger partial charge in [-0.25, -0.2) is 0 Å². The zero-order valence-corrected chi connectivity index (χ0v) is 7.04. The number of Topliss-reactive ketones (excluding diaryl/α,β-unsaturated/α-hetero) is 1. The topological polar surface area (TPSA) is 80.4 Å². The van der Waals surface area contributed by atoms with Crippen LogP contribution in [0.25, 0.3) is 0 Å². The van der Waals surface area contributed by atoms with E-state index in [1.54, 1.807) is 0 Å². The first-order valence-corrected chi connectivity index (χ1v) is 3.98. The van der Waals surface area contributed by atoms with Crippen LogP contribution in [0.1, 0.15) is 26.2 Å². The second-order valence-electron chi connectivity index (χ2n) is 3.51. The number of carbonyl (C=O) groups is 2. The molecule has 0 aromatic rings. The Morgan fingerprint density at radius 3 is 2.42 bits per heavy atom. The Hall–Kier alpha value is -0.900. The maximum atomic E-state index is 10.9. The summed E-state index contributed by atoms with van der Waals surface area (Å²) >= 11 is 0. The molecule has 2 atom stereocenters. The summed E-state index contributed by atoms with van der Waals surface area (Å²) in [5, 5.41) is 8.74. The van der Waals surface area contributed by atoms with Crippen molar-refractivity contribution in [2.75, 3.05) is 0 Å². The van der Waals surface area contributed by atoms with Crippen molar-refractivity contribution in [3.63, 3.8) is 0 Å². The zero-order valence-electron chi connectivity index (χ0n) is 7.04. The van der Waals surface area contributed by atoms with E-state index in [1.165, 1.54) is 6.92 Å². The van der Waals surface area contributed by atoms with E-state index in [2.05, 4.69) is 0 Å². The maximum absolute atomic E-state index is 10.9. The fraction of sp³-hybridized carbons (Fsp3) is 0.750. The van der Waals surface area contributed by atoms with Crippen molar-refractivity contribution >= 4 is 11.8 Å². The lowest BCUT2D eigenvalue weighted by Crippen LogP contribution is -2.45. The number of carboxylic acids is 1. The first-order chi connectivity index (χ1) is 5.46. The molecule has 0 heterocycles. The van der Waals surface area contributed by atoms with Crippen LogP contribution in [0.4, 0.5) is 0 Å². The Morgan fingerprint density at radius 1 is 1.58 bits per heavy atom. The van der Waals surface area contributed by atoms with Gasteiger partial charge < -0.3 is 10.8 Å². The van der Waals surface area contributed by atoms with Crippen LogP contribution < -0.4 is 5.73 Å². The van der Waals surface area contributed by atoms with E-state index in [4.69, 9.17) is 10.8 Å². The Labute approximate surface area is 70.7 Å². The second kappa shape index (κ2) is 2.86. The predicted octanol–water partition coefficient (Wildman–Crippen LogP) is 0.158. The lowest BCUT2D eigenvalue weighted by atomic mass is 9.96. The summed E-state index contributed by atoms with van der Waals surface area (Å²) in [4.78, 5) is 21.6. The van der Waals surface area contributed by atoms with Crippen molar-refractivity contribution in [3.8, 4) is 0 Å². The lowest BCUT2D eigenvalue weighted by molar-refractivity contribution is -0.143. The highest BCUT2D eigenvalue weighted by Gasteiger charge is 2.43. The van der Waals surface area contributed by atoms with Gasteiger partial charge in [-0.3, -0.25) is 9.59 Å². The van der Waals surface area contributed by atoms with Crippen molar-refractivity contribution < 1.29 is 14.7 Å². The van der Waals surface area contributed by atoms with Gasteiger partial charge in [-0.05, 0) is 26.2 Å². The SMILES string of the molecule is CC(=O)[C@@H]1CC[C@@](N)(C(=O)O)C1. The van der Waals surface area contributed by atoms with E-state index < -0.39 is 11.5 Å². The minimum absolute atomic E-state index is 0.0450. The molecular weight excluding hydrogens is 158 g/mol. The summed E-state index contributed by atoms with van der Waals surface area (Å²) in [5.74, 6) is -1.10. The fourth-order valence-corrected chi connectivity index (χ4v) is 1.62. The molecule has 0 aliphatic heterocycles. The van der Waals surface area contributed by atoms with E-state index in [0.29, 0.717) is 12.8 Å². The van der Waals surface area contributed by atoms with E-state index in [1.807, 2.05) is 0 Å². The molecule has 0 saturated heterocycles. The van der Waals surface area contributed by atoms with Gasteiger partial charge in [-0.2, -0.15) is 0 Å². The summed E-state index contributed by atoms with van der Waals surface area (Å²) < 4.78 is 0. The number of carbonyl (C=O) groups excluding carboxylic acids is 1. The third kappa shape index (κ3) is 1.48. The van der Waals surface area contributed by atoms with Crippen molar-refractivity contribution in [1.29, 1.82) is 0 Å². The molecule has 0 aromatic carbocycles. The van der Waals surface area contributed by atoms with Gasteiger partial charge in [0.05, 0.1) is 0 Å². The van der Waals surface area contributed by atoms with Crippen LogP contribution in [0, 0.1) is 5.92 Å². The fourth-order valence-electron chi connectivity index (χ4n) is 1.62. The Morgan fingerprint density at radius 2 is 2.17 bits per heavy atom. The molecule has 1 fully saturated rings. The Balaban J connectivity index is 2.67. The number of nitrogens with two attached hydrogens (primary N) is 1. The highest BCUT2D eigenvalue weighted by Crippen LogP contribution is 2.33. The summed E-state index contributed by atoms with van der Waals surface area (Å²) in [6, 6.07) is 0. The summed E-state index contributed by atoms with van der Waals surface area (Å²) in [7, 11) is 0. The molecule has 0 amide bonds. The largest absolute Gasteiger partial charge is 0.480 e. The van der Waals surface area contributed by atoms with Crippen molar-refractivity contribution in [3.05, 3.63) is 0 Å². The number of hydrogen-bond acceptors (Lipinski definition) is 3. The second-order valence-corrected chi connectivity index (χ2v) is 3.51. The van der Waals surface area contributed by atoms with Crippen LogP contribution in [-0.4, -0.2) is 22.4 Å². The van der Waals surface area contributed by atoms with Gasteiger partial charge in [-0.1, -0.05) is 0 Å². The van der Waals surface area contributed by atoms with Gasteiger partial charge >= 0.3 is 5.97 Å². The smallest absolute Gasteiger partial charge is 0.323 e. The Kier molecular flexibility index (Phi) is 2.19. The van der Waals surface area contributed by atoms with Crippen LogP contribution in [0.2, 0.25) is 0 Å². The van der Waals surface area contributed by atoms with Gasteiger partial charge in [0, 0.05) is 5.92 Å². The van der Waals surface area contributed by atoms with Crippen LogP contribution in [-0.2, 0) is 9.59 Å². The van der Waals surface area contributed by atoms with Crippen LogP contribution in [0.3, 0.4) is 0 Å². The molecule has 0 bridgehead atoms. The number of hydrogen-bond donors (Lipinski definition) is 2. The van der Waals surface area contributed by atoms with E-state index in [-0.39, 0.29) is 18.1 Å². The standard InChI is InChI=1S/C8H13NO3/c1-5(10)6-2-3-8(9,4-6)7(11)12/h6H,2-4,9H2,1H3,(H,11,12)/t6-,8+/m1/s1. The highest BCUT2D eigenvalue weighted by atomic mass is 16.4. The van der Waals surface area contributed by atoms with Gasteiger partial charge in [-0.15, -0.1) is 0 Å². The predicted molar refractivity (Wildman–Crippen MR) is 42.6 cm³/mol. The number of carboxylic acid groups (broad SMARTS) is 1. The number of rotatable bonds is 2. The van der Waals surface area contributed by atoms with Crippen molar-refractivity contribution in [1.82, 2.24) is 0 Å². The molecule has 1 saturated carbocycles. The molecule has 4 nitrogen and oxygen atoms in total. The lowest BCUT2D eigenvalue weighted by Gasteiger charge is -2.17. The quantitative estimate of drug-likeness (QED) is 0.620.